The van der Waals surface area contributed by atoms with Crippen LogP contribution in [0.25, 0.3) is 11.5 Å². The summed E-state index contributed by atoms with van der Waals surface area (Å²) in [7, 11) is 0. The lowest BCUT2D eigenvalue weighted by Gasteiger charge is -2.38. The smallest absolute Gasteiger partial charge is 0.260 e. The van der Waals surface area contributed by atoms with Crippen LogP contribution in [0.5, 0.6) is 0 Å². The Kier molecular flexibility index (Phi) is 3.73. The number of piperazine rings is 1. The van der Waals surface area contributed by atoms with Crippen LogP contribution < -0.4 is 5.32 Å². The summed E-state index contributed by atoms with van der Waals surface area (Å²) in [5.41, 5.74) is 0.00196. The van der Waals surface area contributed by atoms with Crippen molar-refractivity contribution in [3.63, 3.8) is 0 Å². The highest BCUT2D eigenvalue weighted by Gasteiger charge is 2.34. The van der Waals surface area contributed by atoms with Crippen molar-refractivity contribution in [3.8, 4) is 11.5 Å². The van der Waals surface area contributed by atoms with Gasteiger partial charge >= 0.3 is 0 Å². The Labute approximate surface area is 123 Å². The lowest BCUT2D eigenvalue weighted by molar-refractivity contribution is 0.0925. The van der Waals surface area contributed by atoms with E-state index in [4.69, 9.17) is 4.52 Å². The molecule has 0 aliphatic carbocycles. The lowest BCUT2D eigenvalue weighted by atomic mass is 10.0. The van der Waals surface area contributed by atoms with Crippen molar-refractivity contribution in [1.29, 1.82) is 0 Å². The second-order valence-electron chi connectivity index (χ2n) is 5.70. The van der Waals surface area contributed by atoms with E-state index >= 15 is 0 Å². The van der Waals surface area contributed by atoms with E-state index in [1.54, 1.807) is 18.2 Å². The molecule has 0 atom stereocenters. The van der Waals surface area contributed by atoms with Gasteiger partial charge in [0.1, 0.15) is 5.82 Å². The average molecular weight is 290 g/mol. The minimum Gasteiger partial charge on any atom is -0.334 e. The van der Waals surface area contributed by atoms with E-state index in [-0.39, 0.29) is 17.2 Å². The highest BCUT2D eigenvalue weighted by molar-refractivity contribution is 5.53. The number of nitrogens with one attached hydrogen (secondary N) is 1. The maximum absolute atomic E-state index is 13.8. The van der Waals surface area contributed by atoms with Crippen LogP contribution >= 0.6 is 0 Å². The van der Waals surface area contributed by atoms with Crippen molar-refractivity contribution in [3.05, 3.63) is 35.9 Å². The van der Waals surface area contributed by atoms with Crippen LogP contribution in [0.4, 0.5) is 4.39 Å². The van der Waals surface area contributed by atoms with Crippen molar-refractivity contribution in [2.24, 2.45) is 0 Å². The summed E-state index contributed by atoms with van der Waals surface area (Å²) in [4.78, 5) is 6.71. The molecule has 1 fully saturated rings. The van der Waals surface area contributed by atoms with Crippen LogP contribution in [0, 0.1) is 5.82 Å². The standard InChI is InChI=1S/C15H19FN4O/c1-15(2,20-9-7-17-8-10-20)14-18-13(21-19-14)11-5-3-4-6-12(11)16/h3-6,17H,7-10H2,1-2H3. The molecule has 2 heterocycles. The lowest BCUT2D eigenvalue weighted by Crippen LogP contribution is -2.52. The third-order valence-electron chi connectivity index (χ3n) is 3.99. The summed E-state index contributed by atoms with van der Waals surface area (Å²) < 4.78 is 19.1. The Morgan fingerprint density at radius 2 is 1.95 bits per heavy atom. The summed E-state index contributed by atoms with van der Waals surface area (Å²) in [5.74, 6) is 0.460. The molecular weight excluding hydrogens is 271 g/mol. The molecule has 1 aromatic carbocycles. The summed E-state index contributed by atoms with van der Waals surface area (Å²) in [6.07, 6.45) is 0. The molecule has 0 unspecified atom stereocenters. The van der Waals surface area contributed by atoms with E-state index in [2.05, 4.69) is 34.2 Å². The number of hydrogen-bond acceptors (Lipinski definition) is 5. The summed E-state index contributed by atoms with van der Waals surface area (Å²) >= 11 is 0. The minimum absolute atomic E-state index is 0.228. The first-order valence-electron chi connectivity index (χ1n) is 7.14. The molecule has 1 aromatic heterocycles. The molecule has 0 bridgehead atoms. The van der Waals surface area contributed by atoms with Gasteiger partial charge in [0.25, 0.3) is 5.89 Å². The van der Waals surface area contributed by atoms with Gasteiger partial charge in [-0.2, -0.15) is 4.98 Å². The molecule has 112 valence electrons. The molecule has 1 aliphatic heterocycles. The first-order valence-corrected chi connectivity index (χ1v) is 7.14. The minimum atomic E-state index is -0.354. The van der Waals surface area contributed by atoms with Gasteiger partial charge in [0.2, 0.25) is 0 Å². The number of benzene rings is 1. The van der Waals surface area contributed by atoms with E-state index < -0.39 is 0 Å². The van der Waals surface area contributed by atoms with Crippen LogP contribution in [0.1, 0.15) is 19.7 Å². The zero-order valence-electron chi connectivity index (χ0n) is 12.3. The second-order valence-corrected chi connectivity index (χ2v) is 5.70. The molecule has 0 saturated carbocycles. The first kappa shape index (κ1) is 14.2. The van der Waals surface area contributed by atoms with Gasteiger partial charge in [-0.3, -0.25) is 4.90 Å². The number of halogens is 1. The van der Waals surface area contributed by atoms with Gasteiger partial charge in [-0.05, 0) is 26.0 Å². The van der Waals surface area contributed by atoms with Gasteiger partial charge in [-0.15, -0.1) is 0 Å². The predicted octanol–water partition coefficient (Wildman–Crippen LogP) is 2.02. The first-order chi connectivity index (χ1) is 10.1. The van der Waals surface area contributed by atoms with E-state index in [0.717, 1.165) is 26.2 Å². The molecule has 1 aliphatic rings. The highest BCUT2D eigenvalue weighted by atomic mass is 19.1. The van der Waals surface area contributed by atoms with Gasteiger partial charge in [0.05, 0.1) is 11.1 Å². The van der Waals surface area contributed by atoms with E-state index in [1.165, 1.54) is 6.07 Å². The molecule has 0 amide bonds. The Morgan fingerprint density at radius 1 is 1.24 bits per heavy atom. The molecule has 1 saturated heterocycles. The van der Waals surface area contributed by atoms with E-state index in [0.29, 0.717) is 11.4 Å². The SMILES string of the molecule is CC(C)(c1noc(-c2ccccc2F)n1)N1CCNCC1. The molecule has 3 rings (SSSR count). The highest BCUT2D eigenvalue weighted by Crippen LogP contribution is 2.28. The third kappa shape index (κ3) is 2.69. The van der Waals surface area contributed by atoms with Crippen molar-refractivity contribution in [2.45, 2.75) is 19.4 Å². The molecule has 1 N–H and O–H groups in total. The monoisotopic (exact) mass is 290 g/mol. The molecule has 2 aromatic rings. The van der Waals surface area contributed by atoms with Crippen molar-refractivity contribution in [2.75, 3.05) is 26.2 Å². The quantitative estimate of drug-likeness (QED) is 0.937. The summed E-state index contributed by atoms with van der Waals surface area (Å²) in [5, 5.41) is 7.39. The van der Waals surface area contributed by atoms with Crippen LogP contribution in [0.2, 0.25) is 0 Å². The van der Waals surface area contributed by atoms with Crippen molar-refractivity contribution in [1.82, 2.24) is 20.4 Å². The van der Waals surface area contributed by atoms with Crippen LogP contribution in [0.3, 0.4) is 0 Å². The maximum atomic E-state index is 13.8. The van der Waals surface area contributed by atoms with Gasteiger partial charge in [-0.1, -0.05) is 17.3 Å². The molecule has 21 heavy (non-hydrogen) atoms. The van der Waals surface area contributed by atoms with Gasteiger partial charge in [0.15, 0.2) is 5.82 Å². The molecule has 0 spiro atoms. The zero-order valence-corrected chi connectivity index (χ0v) is 12.3. The Morgan fingerprint density at radius 3 is 2.67 bits per heavy atom. The van der Waals surface area contributed by atoms with Crippen LogP contribution in [-0.4, -0.2) is 41.2 Å². The Hall–Kier alpha value is -1.79. The number of rotatable bonds is 3. The summed E-state index contributed by atoms with van der Waals surface area (Å²) in [6.45, 7) is 7.87. The largest absolute Gasteiger partial charge is 0.334 e. The number of hydrogen-bond donors (Lipinski definition) is 1. The van der Waals surface area contributed by atoms with Gasteiger partial charge < -0.3 is 9.84 Å². The topological polar surface area (TPSA) is 54.2 Å². The number of aromatic nitrogens is 2. The van der Waals surface area contributed by atoms with Gasteiger partial charge in [-0.25, -0.2) is 4.39 Å². The third-order valence-corrected chi connectivity index (χ3v) is 3.99. The fourth-order valence-corrected chi connectivity index (χ4v) is 2.58. The summed E-state index contributed by atoms with van der Waals surface area (Å²) in [6, 6.07) is 6.43. The van der Waals surface area contributed by atoms with Crippen LogP contribution in [0.15, 0.2) is 28.8 Å². The normalized spacial score (nSPS) is 17.1. The maximum Gasteiger partial charge on any atom is 0.260 e. The zero-order chi connectivity index (χ0) is 14.9. The second kappa shape index (κ2) is 5.54. The molecular formula is C15H19FN4O. The Balaban J connectivity index is 1.89. The van der Waals surface area contributed by atoms with E-state index in [9.17, 15) is 4.39 Å². The van der Waals surface area contributed by atoms with E-state index in [1.807, 2.05) is 0 Å². The fourth-order valence-electron chi connectivity index (χ4n) is 2.58. The Bertz CT molecular complexity index is 620. The average Bonchev–Trinajstić information content (AvgIpc) is 2.99. The molecule has 0 radical (unpaired) electrons. The van der Waals surface area contributed by atoms with Crippen molar-refractivity contribution >= 4 is 0 Å². The molecule has 5 nitrogen and oxygen atoms in total. The predicted molar refractivity (Wildman–Crippen MR) is 77.2 cm³/mol. The van der Waals surface area contributed by atoms with Crippen LogP contribution in [-0.2, 0) is 5.54 Å². The number of nitrogens with zero attached hydrogens (tertiary/aromatic N) is 3. The molecule has 6 heteroatoms. The fraction of sp³-hybridized carbons (Fsp3) is 0.467. The van der Waals surface area contributed by atoms with Crippen molar-refractivity contribution < 1.29 is 8.91 Å². The van der Waals surface area contributed by atoms with Gasteiger partial charge in [0, 0.05) is 26.2 Å².